The lowest BCUT2D eigenvalue weighted by Crippen LogP contribution is -1.90. The predicted molar refractivity (Wildman–Crippen MR) is 37.1 cm³/mol. The lowest BCUT2D eigenvalue weighted by molar-refractivity contribution is -0.131. The molecule has 0 aromatic carbocycles. The molecule has 0 N–H and O–H groups in total. The minimum atomic E-state index is -0.917. The highest BCUT2D eigenvalue weighted by molar-refractivity contribution is 8.53. The third-order valence-corrected chi connectivity index (χ3v) is 3.76. The summed E-state index contributed by atoms with van der Waals surface area (Å²) in [6, 6.07) is 0. The minimum Gasteiger partial charge on any atom is -0.408 e. The first kappa shape index (κ1) is 7.32. The first-order valence-corrected chi connectivity index (χ1v) is 5.30. The van der Waals surface area contributed by atoms with Crippen molar-refractivity contribution < 1.29 is 13.8 Å². The molecule has 1 aliphatic rings. The third-order valence-electron chi connectivity index (χ3n) is 0.680. The number of rotatable bonds is 1. The molecule has 5 heteroatoms. The van der Waals surface area contributed by atoms with Crippen LogP contribution in [0.4, 0.5) is 0 Å². The van der Waals surface area contributed by atoms with Crippen LogP contribution < -0.4 is 0 Å². The van der Waals surface area contributed by atoms with Gasteiger partial charge in [-0.15, -0.1) is 0 Å². The van der Waals surface area contributed by atoms with Crippen LogP contribution in [-0.2, 0) is 13.8 Å². The first-order valence-electron chi connectivity index (χ1n) is 2.53. The highest BCUT2D eigenvalue weighted by Gasteiger charge is 2.20. The molecule has 1 fully saturated rings. The smallest absolute Gasteiger partial charge is 0.307 e. The van der Waals surface area contributed by atoms with Gasteiger partial charge in [0.25, 0.3) is 0 Å². The zero-order valence-electron chi connectivity index (χ0n) is 4.99. The molecule has 1 rings (SSSR count). The molecular formula is C4H7O3PS. The molecule has 3 nitrogen and oxygen atoms in total. The normalized spacial score (nSPS) is 26.1. The van der Waals surface area contributed by atoms with Gasteiger partial charge in [-0.05, 0) is 0 Å². The zero-order chi connectivity index (χ0) is 6.69. The summed E-state index contributed by atoms with van der Waals surface area (Å²) in [6.45, 7) is 2.11. The Hall–Kier alpha value is 0.210. The van der Waals surface area contributed by atoms with Gasteiger partial charge in [-0.2, -0.15) is 0 Å². The molecule has 0 spiro atoms. The van der Waals surface area contributed by atoms with Crippen LogP contribution in [-0.4, -0.2) is 18.3 Å². The van der Waals surface area contributed by atoms with Crippen LogP contribution >= 0.6 is 19.0 Å². The topological polar surface area (TPSA) is 35.5 Å². The van der Waals surface area contributed by atoms with E-state index in [4.69, 9.17) is 9.05 Å². The van der Waals surface area contributed by atoms with Crippen molar-refractivity contribution in [2.75, 3.05) is 12.4 Å². The average molecular weight is 166 g/mol. The van der Waals surface area contributed by atoms with E-state index in [0.717, 1.165) is 5.75 Å². The second-order valence-electron chi connectivity index (χ2n) is 1.47. The fourth-order valence-corrected chi connectivity index (χ4v) is 3.07. The van der Waals surface area contributed by atoms with Crippen LogP contribution in [0, 0.1) is 0 Å². The Balaban J connectivity index is 2.19. The average Bonchev–Trinajstić information content (AvgIpc) is 2.15. The monoisotopic (exact) mass is 166 g/mol. The Bertz CT molecular complexity index is 112. The SMILES string of the molecule is CC(=O)OP1OCCS1. The van der Waals surface area contributed by atoms with Gasteiger partial charge in [-0.3, -0.25) is 4.79 Å². The molecule has 52 valence electrons. The van der Waals surface area contributed by atoms with Gasteiger partial charge in [-0.25, -0.2) is 0 Å². The van der Waals surface area contributed by atoms with Crippen LogP contribution in [0.25, 0.3) is 0 Å². The van der Waals surface area contributed by atoms with Gasteiger partial charge in [0.2, 0.25) is 0 Å². The quantitative estimate of drug-likeness (QED) is 0.553. The molecule has 0 aromatic rings. The van der Waals surface area contributed by atoms with Crippen molar-refractivity contribution in [3.8, 4) is 0 Å². The molecule has 0 radical (unpaired) electrons. The van der Waals surface area contributed by atoms with E-state index in [2.05, 4.69) is 0 Å². The van der Waals surface area contributed by atoms with Gasteiger partial charge in [0, 0.05) is 12.7 Å². The van der Waals surface area contributed by atoms with Gasteiger partial charge in [0.15, 0.2) is 0 Å². The Labute approximate surface area is 58.8 Å². The summed E-state index contributed by atoms with van der Waals surface area (Å²) in [4.78, 5) is 10.3. The van der Waals surface area contributed by atoms with Crippen molar-refractivity contribution in [2.45, 2.75) is 6.92 Å². The fraction of sp³-hybridized carbons (Fsp3) is 0.750. The van der Waals surface area contributed by atoms with Crippen molar-refractivity contribution in [1.82, 2.24) is 0 Å². The Kier molecular flexibility index (Phi) is 2.76. The van der Waals surface area contributed by atoms with Crippen LogP contribution in [0.1, 0.15) is 6.92 Å². The lowest BCUT2D eigenvalue weighted by atomic mass is 10.9. The van der Waals surface area contributed by atoms with Crippen molar-refractivity contribution in [2.24, 2.45) is 0 Å². The number of hydrogen-bond donors (Lipinski definition) is 0. The van der Waals surface area contributed by atoms with Crippen molar-refractivity contribution >= 4 is 24.9 Å². The second kappa shape index (κ2) is 3.40. The summed E-state index contributed by atoms with van der Waals surface area (Å²) in [5.41, 5.74) is 0. The van der Waals surface area contributed by atoms with E-state index in [1.807, 2.05) is 0 Å². The molecule has 1 atom stereocenters. The summed E-state index contributed by atoms with van der Waals surface area (Å²) in [5.74, 6) is 0.689. The van der Waals surface area contributed by atoms with Crippen molar-refractivity contribution in [3.05, 3.63) is 0 Å². The van der Waals surface area contributed by atoms with E-state index in [0.29, 0.717) is 6.61 Å². The Morgan fingerprint density at radius 3 is 3.11 bits per heavy atom. The molecule has 0 saturated carbocycles. The molecule has 9 heavy (non-hydrogen) atoms. The third kappa shape index (κ3) is 2.52. The van der Waals surface area contributed by atoms with Crippen LogP contribution in [0.2, 0.25) is 0 Å². The molecule has 0 bridgehead atoms. The van der Waals surface area contributed by atoms with Gasteiger partial charge < -0.3 is 9.05 Å². The highest BCUT2D eigenvalue weighted by atomic mass is 32.7. The molecular weight excluding hydrogens is 159 g/mol. The Morgan fingerprint density at radius 2 is 2.67 bits per heavy atom. The van der Waals surface area contributed by atoms with Gasteiger partial charge in [0.05, 0.1) is 6.61 Å². The predicted octanol–water partition coefficient (Wildman–Crippen LogP) is 1.54. The zero-order valence-corrected chi connectivity index (χ0v) is 6.71. The Morgan fingerprint density at radius 1 is 1.89 bits per heavy atom. The maximum absolute atomic E-state index is 10.3. The van der Waals surface area contributed by atoms with Crippen LogP contribution in [0.15, 0.2) is 0 Å². The molecule has 0 aromatic heterocycles. The van der Waals surface area contributed by atoms with Gasteiger partial charge >= 0.3 is 13.5 Å². The molecule has 1 saturated heterocycles. The van der Waals surface area contributed by atoms with Gasteiger partial charge in [0.1, 0.15) is 0 Å². The number of carbonyl (C=O) groups excluding carboxylic acids is 1. The van der Waals surface area contributed by atoms with E-state index >= 15 is 0 Å². The summed E-state index contributed by atoms with van der Waals surface area (Å²) in [5, 5.41) is 0. The lowest BCUT2D eigenvalue weighted by Gasteiger charge is -2.03. The maximum atomic E-state index is 10.3. The van der Waals surface area contributed by atoms with E-state index in [-0.39, 0.29) is 5.97 Å². The largest absolute Gasteiger partial charge is 0.408 e. The molecule has 0 aliphatic carbocycles. The number of hydrogen-bond acceptors (Lipinski definition) is 4. The summed E-state index contributed by atoms with van der Waals surface area (Å²) in [6.07, 6.45) is 0. The second-order valence-corrected chi connectivity index (χ2v) is 4.70. The standard InChI is InChI=1S/C4H7O3PS/c1-4(5)7-8-6-2-3-9-8/h2-3H2,1H3. The summed E-state index contributed by atoms with van der Waals surface area (Å²) in [7, 11) is -0.917. The maximum Gasteiger partial charge on any atom is 0.307 e. The first-order chi connectivity index (χ1) is 4.29. The fourth-order valence-electron chi connectivity index (χ4n) is 0.419. The summed E-state index contributed by atoms with van der Waals surface area (Å²) < 4.78 is 9.83. The van der Waals surface area contributed by atoms with Crippen LogP contribution in [0.5, 0.6) is 0 Å². The van der Waals surface area contributed by atoms with Gasteiger partial charge in [-0.1, -0.05) is 11.4 Å². The minimum absolute atomic E-state index is 0.254. The van der Waals surface area contributed by atoms with E-state index in [1.54, 1.807) is 11.4 Å². The van der Waals surface area contributed by atoms with E-state index < -0.39 is 7.58 Å². The molecule has 1 aliphatic heterocycles. The van der Waals surface area contributed by atoms with Crippen molar-refractivity contribution in [1.29, 1.82) is 0 Å². The van der Waals surface area contributed by atoms with Crippen LogP contribution in [0.3, 0.4) is 0 Å². The number of carbonyl (C=O) groups is 1. The molecule has 0 amide bonds. The van der Waals surface area contributed by atoms with Crippen molar-refractivity contribution in [3.63, 3.8) is 0 Å². The molecule has 1 heterocycles. The molecule has 1 unspecified atom stereocenters. The summed E-state index contributed by atoms with van der Waals surface area (Å²) >= 11 is 1.57. The van der Waals surface area contributed by atoms with E-state index in [9.17, 15) is 4.79 Å². The highest BCUT2D eigenvalue weighted by Crippen LogP contribution is 2.55. The van der Waals surface area contributed by atoms with E-state index in [1.165, 1.54) is 6.92 Å².